The first-order valence-corrected chi connectivity index (χ1v) is 8.54. The Morgan fingerprint density at radius 3 is 2.52 bits per heavy atom. The fourth-order valence-corrected chi connectivity index (χ4v) is 2.93. The lowest BCUT2D eigenvalue weighted by Crippen LogP contribution is -1.92. The van der Waals surface area contributed by atoms with Gasteiger partial charge in [0.05, 0.1) is 11.1 Å². The quantitative estimate of drug-likeness (QED) is 0.517. The summed E-state index contributed by atoms with van der Waals surface area (Å²) >= 11 is 6.28. The lowest BCUT2D eigenvalue weighted by molar-refractivity contribution is 0.427. The van der Waals surface area contributed by atoms with E-state index in [1.807, 2.05) is 6.92 Å². The van der Waals surface area contributed by atoms with Crippen molar-refractivity contribution >= 4 is 17.2 Å². The molecule has 0 amide bonds. The van der Waals surface area contributed by atoms with Gasteiger partial charge in [0.2, 0.25) is 0 Å². The Kier molecular flexibility index (Phi) is 5.42. The fraction of sp³-hybridized carbons (Fsp3) is 0.0952. The summed E-state index contributed by atoms with van der Waals surface area (Å²) in [4.78, 5) is 0. The molecule has 138 valence electrons. The molecule has 1 N–H and O–H groups in total. The SMILES string of the molecule is CC=CC(Cl)=C(C)c1noc(-c2ccc(O)cc2F)c1-c1ccccc1F. The average Bonchev–Trinajstić information content (AvgIpc) is 3.06. The van der Waals surface area contributed by atoms with Crippen LogP contribution in [-0.2, 0) is 0 Å². The number of allylic oxidation sites excluding steroid dienone is 4. The van der Waals surface area contributed by atoms with Crippen LogP contribution in [0.2, 0.25) is 0 Å². The average molecular weight is 388 g/mol. The number of phenolic OH excluding ortho intramolecular Hbond substituents is 1. The number of rotatable bonds is 4. The number of benzene rings is 2. The molecule has 3 nitrogen and oxygen atoms in total. The summed E-state index contributed by atoms with van der Waals surface area (Å²) in [5, 5.41) is 13.9. The summed E-state index contributed by atoms with van der Waals surface area (Å²) < 4.78 is 34.4. The van der Waals surface area contributed by atoms with Gasteiger partial charge < -0.3 is 9.63 Å². The van der Waals surface area contributed by atoms with Crippen LogP contribution in [-0.4, -0.2) is 10.3 Å². The van der Waals surface area contributed by atoms with Crippen LogP contribution < -0.4 is 0 Å². The third-order valence-corrected chi connectivity index (χ3v) is 4.47. The van der Waals surface area contributed by atoms with Crippen molar-refractivity contribution < 1.29 is 18.4 Å². The Morgan fingerprint density at radius 1 is 1.11 bits per heavy atom. The van der Waals surface area contributed by atoms with E-state index in [0.29, 0.717) is 16.3 Å². The summed E-state index contributed by atoms with van der Waals surface area (Å²) in [5.41, 5.74) is 1.42. The van der Waals surface area contributed by atoms with Crippen molar-refractivity contribution in [3.63, 3.8) is 0 Å². The van der Waals surface area contributed by atoms with E-state index in [1.165, 1.54) is 18.2 Å². The molecule has 1 heterocycles. The molecule has 0 aliphatic carbocycles. The largest absolute Gasteiger partial charge is 0.508 e. The lowest BCUT2D eigenvalue weighted by Gasteiger charge is -2.08. The Balaban J connectivity index is 2.34. The first-order chi connectivity index (χ1) is 12.9. The van der Waals surface area contributed by atoms with E-state index in [4.69, 9.17) is 16.1 Å². The van der Waals surface area contributed by atoms with Gasteiger partial charge in [-0.15, -0.1) is 0 Å². The van der Waals surface area contributed by atoms with E-state index in [9.17, 15) is 13.9 Å². The van der Waals surface area contributed by atoms with Gasteiger partial charge in [-0.1, -0.05) is 41.0 Å². The number of aromatic hydroxyl groups is 1. The molecule has 6 heteroatoms. The molecule has 27 heavy (non-hydrogen) atoms. The van der Waals surface area contributed by atoms with Gasteiger partial charge in [0.15, 0.2) is 5.76 Å². The minimum absolute atomic E-state index is 0.0527. The van der Waals surface area contributed by atoms with E-state index in [-0.39, 0.29) is 28.2 Å². The van der Waals surface area contributed by atoms with E-state index in [1.54, 1.807) is 37.3 Å². The number of phenols is 1. The minimum Gasteiger partial charge on any atom is -0.508 e. The molecule has 3 rings (SSSR count). The summed E-state index contributed by atoms with van der Waals surface area (Å²) in [6, 6.07) is 9.71. The van der Waals surface area contributed by atoms with Gasteiger partial charge >= 0.3 is 0 Å². The van der Waals surface area contributed by atoms with Crippen molar-refractivity contribution in [1.29, 1.82) is 0 Å². The van der Waals surface area contributed by atoms with Gasteiger partial charge in [-0.2, -0.15) is 0 Å². The van der Waals surface area contributed by atoms with Crippen LogP contribution in [0.25, 0.3) is 28.0 Å². The van der Waals surface area contributed by atoms with Gasteiger partial charge in [0.25, 0.3) is 0 Å². The number of nitrogens with zero attached hydrogens (tertiary/aromatic N) is 1. The second-order valence-corrected chi connectivity index (χ2v) is 6.26. The van der Waals surface area contributed by atoms with E-state index in [0.717, 1.165) is 6.07 Å². The standard InChI is InChI=1S/C21H16ClF2NO2/c1-3-6-16(22)12(2)20-19(14-7-4-5-8-17(14)23)21(27-25-20)15-10-9-13(26)11-18(15)24/h3-11,26H,1-2H3. The Morgan fingerprint density at radius 2 is 1.85 bits per heavy atom. The molecule has 3 aromatic rings. The predicted octanol–water partition coefficient (Wildman–Crippen LogP) is 6.54. The van der Waals surface area contributed by atoms with Crippen molar-refractivity contribution in [2.45, 2.75) is 13.8 Å². The highest BCUT2D eigenvalue weighted by Crippen LogP contribution is 2.41. The monoisotopic (exact) mass is 387 g/mol. The van der Waals surface area contributed by atoms with Crippen LogP contribution in [0.1, 0.15) is 19.5 Å². The molecule has 0 aliphatic rings. The molecule has 0 atom stereocenters. The molecule has 2 aromatic carbocycles. The van der Waals surface area contributed by atoms with Crippen molar-refractivity contribution in [3.05, 3.63) is 77.0 Å². The molecule has 0 bridgehead atoms. The van der Waals surface area contributed by atoms with E-state index in [2.05, 4.69) is 5.16 Å². The third kappa shape index (κ3) is 3.64. The highest BCUT2D eigenvalue weighted by molar-refractivity contribution is 6.34. The second kappa shape index (κ2) is 7.76. The molecule has 1 aromatic heterocycles. The molecule has 0 saturated heterocycles. The van der Waals surface area contributed by atoms with Gasteiger partial charge in [0, 0.05) is 16.7 Å². The number of halogens is 3. The molecule has 0 fully saturated rings. The molecule has 0 saturated carbocycles. The highest BCUT2D eigenvalue weighted by atomic mass is 35.5. The molecular formula is C21H16ClF2NO2. The van der Waals surface area contributed by atoms with Crippen LogP contribution in [0.5, 0.6) is 5.75 Å². The first-order valence-electron chi connectivity index (χ1n) is 8.17. The normalized spacial score (nSPS) is 12.5. The fourth-order valence-electron chi connectivity index (χ4n) is 2.72. The van der Waals surface area contributed by atoms with Crippen molar-refractivity contribution in [1.82, 2.24) is 5.16 Å². The zero-order valence-electron chi connectivity index (χ0n) is 14.6. The Bertz CT molecular complexity index is 1050. The molecule has 0 aliphatic heterocycles. The maximum absolute atomic E-state index is 14.5. The number of aromatic nitrogens is 1. The number of hydrogen-bond acceptors (Lipinski definition) is 3. The van der Waals surface area contributed by atoms with Crippen molar-refractivity contribution in [2.75, 3.05) is 0 Å². The Hall–Kier alpha value is -2.92. The first kappa shape index (κ1) is 18.9. The zero-order chi connectivity index (χ0) is 19.6. The minimum atomic E-state index is -0.712. The molecule has 0 spiro atoms. The highest BCUT2D eigenvalue weighted by Gasteiger charge is 2.25. The zero-order valence-corrected chi connectivity index (χ0v) is 15.4. The summed E-state index contributed by atoms with van der Waals surface area (Å²) in [6.07, 6.45) is 3.44. The van der Waals surface area contributed by atoms with Gasteiger partial charge in [-0.25, -0.2) is 8.78 Å². The van der Waals surface area contributed by atoms with Gasteiger partial charge in [0.1, 0.15) is 23.1 Å². The maximum Gasteiger partial charge on any atom is 0.178 e. The van der Waals surface area contributed by atoms with Crippen LogP contribution in [0.15, 0.2) is 64.2 Å². The van der Waals surface area contributed by atoms with Crippen LogP contribution in [0.3, 0.4) is 0 Å². The Labute approximate surface area is 160 Å². The maximum atomic E-state index is 14.5. The van der Waals surface area contributed by atoms with Gasteiger partial charge in [-0.05, 0) is 43.7 Å². The second-order valence-electron chi connectivity index (χ2n) is 5.85. The topological polar surface area (TPSA) is 46.3 Å². The number of hydrogen-bond donors (Lipinski definition) is 1. The van der Waals surface area contributed by atoms with Gasteiger partial charge in [-0.3, -0.25) is 0 Å². The smallest absolute Gasteiger partial charge is 0.178 e. The third-order valence-electron chi connectivity index (χ3n) is 4.06. The van der Waals surface area contributed by atoms with E-state index < -0.39 is 11.6 Å². The lowest BCUT2D eigenvalue weighted by atomic mass is 9.96. The molecule has 0 unspecified atom stereocenters. The van der Waals surface area contributed by atoms with Crippen LogP contribution in [0.4, 0.5) is 8.78 Å². The molecular weight excluding hydrogens is 372 g/mol. The predicted molar refractivity (Wildman–Crippen MR) is 102 cm³/mol. The summed E-state index contributed by atoms with van der Waals surface area (Å²) in [7, 11) is 0. The van der Waals surface area contributed by atoms with Crippen LogP contribution >= 0.6 is 11.6 Å². The summed E-state index contributed by atoms with van der Waals surface area (Å²) in [6.45, 7) is 3.54. The van der Waals surface area contributed by atoms with Crippen molar-refractivity contribution in [2.24, 2.45) is 0 Å². The molecule has 0 radical (unpaired) electrons. The summed E-state index contributed by atoms with van der Waals surface area (Å²) in [5.74, 6) is -1.39. The van der Waals surface area contributed by atoms with Crippen molar-refractivity contribution in [3.8, 4) is 28.2 Å². The van der Waals surface area contributed by atoms with E-state index >= 15 is 0 Å². The van der Waals surface area contributed by atoms with Crippen LogP contribution in [0, 0.1) is 11.6 Å².